The number of para-hydroxylation sites is 1. The summed E-state index contributed by atoms with van der Waals surface area (Å²) >= 11 is 0. The molecule has 0 spiro atoms. The van der Waals surface area contributed by atoms with Gasteiger partial charge in [-0.2, -0.15) is 0 Å². The Balaban J connectivity index is 1.74. The van der Waals surface area contributed by atoms with Crippen molar-refractivity contribution in [3.05, 3.63) is 83.6 Å². The predicted molar refractivity (Wildman–Crippen MR) is 158 cm³/mol. The van der Waals surface area contributed by atoms with Gasteiger partial charge in [-0.15, -0.1) is 0 Å². The largest absolute Gasteiger partial charge is 0.508 e. The number of aryl methyl sites for hydroxylation is 1. The molecule has 0 fully saturated rings. The summed E-state index contributed by atoms with van der Waals surface area (Å²) in [5.41, 5.74) is 3.47. The number of aromatic hydroxyl groups is 1. The first-order valence-corrected chi connectivity index (χ1v) is 13.5. The number of benzene rings is 3. The van der Waals surface area contributed by atoms with E-state index in [9.17, 15) is 14.7 Å². The zero-order valence-electron chi connectivity index (χ0n) is 23.5. The van der Waals surface area contributed by atoms with E-state index in [0.717, 1.165) is 41.3 Å². The summed E-state index contributed by atoms with van der Waals surface area (Å²) < 4.78 is 11.4. The first-order valence-electron chi connectivity index (χ1n) is 13.5. The lowest BCUT2D eigenvalue weighted by atomic mass is 10.0. The second kappa shape index (κ2) is 13.1. The highest BCUT2D eigenvalue weighted by molar-refractivity contribution is 6.05. The van der Waals surface area contributed by atoms with Crippen LogP contribution in [0.2, 0.25) is 0 Å². The number of carbonyl (C=O) groups is 2. The van der Waals surface area contributed by atoms with E-state index in [0.29, 0.717) is 29.4 Å². The van der Waals surface area contributed by atoms with E-state index in [1.807, 2.05) is 43.3 Å². The van der Waals surface area contributed by atoms with Gasteiger partial charge in [0.15, 0.2) is 0 Å². The van der Waals surface area contributed by atoms with Gasteiger partial charge in [0.1, 0.15) is 34.7 Å². The highest BCUT2D eigenvalue weighted by Crippen LogP contribution is 2.40. The number of aromatic nitrogens is 1. The third-order valence-electron chi connectivity index (χ3n) is 6.90. The molecule has 0 bridgehead atoms. The van der Waals surface area contributed by atoms with Crippen molar-refractivity contribution >= 4 is 28.4 Å². The Labute approximate surface area is 234 Å². The zero-order chi connectivity index (χ0) is 28.6. The molecule has 3 N–H and O–H groups in total. The number of phenols is 1. The molecule has 0 saturated carbocycles. The molecule has 0 unspecified atom stereocenters. The molecule has 4 aromatic rings. The number of aromatic amines is 1. The van der Waals surface area contributed by atoms with Crippen molar-refractivity contribution < 1.29 is 24.2 Å². The molecule has 1 heterocycles. The van der Waals surface area contributed by atoms with Crippen LogP contribution in [0, 0.1) is 6.92 Å². The van der Waals surface area contributed by atoms with Gasteiger partial charge in [-0.05, 0) is 60.9 Å². The Morgan fingerprint density at radius 2 is 1.65 bits per heavy atom. The molecular weight excluding hydrogens is 506 g/mol. The molecule has 40 heavy (non-hydrogen) atoms. The maximum atomic E-state index is 14.4. The normalized spacial score (nSPS) is 11.7. The molecule has 3 aromatic carbocycles. The number of fused-ring (bicyclic) bond motifs is 1. The van der Waals surface area contributed by atoms with E-state index in [4.69, 9.17) is 9.47 Å². The Bertz CT molecular complexity index is 1400. The molecule has 1 atom stereocenters. The summed E-state index contributed by atoms with van der Waals surface area (Å²) in [5.74, 6) is 0.502. The van der Waals surface area contributed by atoms with Crippen molar-refractivity contribution in [3.8, 4) is 17.2 Å². The molecule has 4 rings (SSSR count). The predicted octanol–water partition coefficient (Wildman–Crippen LogP) is 5.76. The van der Waals surface area contributed by atoms with Crippen molar-refractivity contribution in [2.75, 3.05) is 25.7 Å². The molecule has 1 aromatic heterocycles. The molecule has 0 radical (unpaired) electrons. The van der Waals surface area contributed by atoms with Gasteiger partial charge in [0.2, 0.25) is 5.91 Å². The first kappa shape index (κ1) is 28.5. The van der Waals surface area contributed by atoms with Crippen LogP contribution in [0.3, 0.4) is 0 Å². The number of hydrogen-bond acceptors (Lipinski definition) is 5. The minimum Gasteiger partial charge on any atom is -0.508 e. The minimum absolute atomic E-state index is 0.129. The van der Waals surface area contributed by atoms with Crippen LogP contribution < -0.4 is 19.7 Å². The van der Waals surface area contributed by atoms with E-state index in [-0.39, 0.29) is 24.0 Å². The third-order valence-corrected chi connectivity index (χ3v) is 6.90. The van der Waals surface area contributed by atoms with Crippen molar-refractivity contribution in [1.82, 2.24) is 10.3 Å². The number of carbonyl (C=O) groups excluding carboxylic acids is 2. The number of methoxy groups -OCH3 is 2. The minimum atomic E-state index is -0.902. The van der Waals surface area contributed by atoms with E-state index < -0.39 is 6.04 Å². The topological polar surface area (TPSA) is 104 Å². The number of unbranched alkanes of at least 4 members (excludes halogenated alkanes) is 2. The van der Waals surface area contributed by atoms with Gasteiger partial charge < -0.3 is 29.8 Å². The van der Waals surface area contributed by atoms with Crippen LogP contribution in [-0.4, -0.2) is 48.7 Å². The first-order chi connectivity index (χ1) is 19.3. The molecular formula is C32H37N3O5. The fraction of sp³-hybridized carbons (Fsp3) is 0.312. The highest BCUT2D eigenvalue weighted by atomic mass is 16.5. The van der Waals surface area contributed by atoms with Crippen LogP contribution in [0.25, 0.3) is 10.9 Å². The Morgan fingerprint density at radius 3 is 2.27 bits per heavy atom. The van der Waals surface area contributed by atoms with Crippen molar-refractivity contribution in [2.45, 2.75) is 45.6 Å². The van der Waals surface area contributed by atoms with Gasteiger partial charge in [0, 0.05) is 23.9 Å². The fourth-order valence-electron chi connectivity index (χ4n) is 4.83. The third kappa shape index (κ3) is 6.57. The maximum Gasteiger partial charge on any atom is 0.268 e. The monoisotopic (exact) mass is 543 g/mol. The van der Waals surface area contributed by atoms with E-state index in [1.165, 1.54) is 0 Å². The number of nitrogens with zero attached hydrogens (tertiary/aromatic N) is 1. The van der Waals surface area contributed by atoms with Crippen LogP contribution in [0.5, 0.6) is 17.2 Å². The van der Waals surface area contributed by atoms with Crippen molar-refractivity contribution in [3.63, 3.8) is 0 Å². The number of rotatable bonds is 12. The number of H-pyrrole nitrogens is 1. The van der Waals surface area contributed by atoms with Gasteiger partial charge >= 0.3 is 0 Å². The quantitative estimate of drug-likeness (QED) is 0.197. The summed E-state index contributed by atoms with van der Waals surface area (Å²) in [6.45, 7) is 4.47. The number of ether oxygens (including phenoxy) is 2. The van der Waals surface area contributed by atoms with E-state index in [2.05, 4.69) is 17.2 Å². The fourth-order valence-corrected chi connectivity index (χ4v) is 4.83. The molecule has 2 amide bonds. The SMILES string of the molecule is CCCCCN(C(=O)[C@@H](Cc1ccc(O)cc1)NC(=O)c1cc2ccccc2[nH]1)c1c(OC)cc(C)cc1OC. The number of nitrogens with one attached hydrogen (secondary N) is 2. The van der Waals surface area contributed by atoms with Crippen LogP contribution in [0.4, 0.5) is 5.69 Å². The van der Waals surface area contributed by atoms with Crippen LogP contribution in [0.1, 0.15) is 47.8 Å². The Morgan fingerprint density at radius 1 is 0.975 bits per heavy atom. The average Bonchev–Trinajstić information content (AvgIpc) is 3.40. The smallest absolute Gasteiger partial charge is 0.268 e. The maximum absolute atomic E-state index is 14.4. The van der Waals surface area contributed by atoms with Crippen LogP contribution in [-0.2, 0) is 11.2 Å². The lowest BCUT2D eigenvalue weighted by Gasteiger charge is -2.30. The molecule has 0 aliphatic carbocycles. The van der Waals surface area contributed by atoms with Gasteiger partial charge in [0.05, 0.1) is 14.2 Å². The van der Waals surface area contributed by atoms with E-state index in [1.54, 1.807) is 49.5 Å². The number of phenolic OH excluding ortho intramolecular Hbond substituents is 1. The van der Waals surface area contributed by atoms with Crippen molar-refractivity contribution in [1.29, 1.82) is 0 Å². The van der Waals surface area contributed by atoms with E-state index >= 15 is 0 Å². The standard InChI is InChI=1S/C32H37N3O5/c1-5-6-9-16-35(30-28(39-3)17-21(2)18-29(30)40-4)32(38)27(19-22-12-14-24(36)15-13-22)34-31(37)26-20-23-10-7-8-11-25(23)33-26/h7-8,10-15,17-18,20,27,33,36H,5-6,9,16,19H2,1-4H3,(H,34,37)/t27-/m1/s1. The summed E-state index contributed by atoms with van der Waals surface area (Å²) in [6.07, 6.45) is 2.92. The second-order valence-corrected chi connectivity index (χ2v) is 9.88. The van der Waals surface area contributed by atoms with Crippen molar-refractivity contribution in [2.24, 2.45) is 0 Å². The lowest BCUT2D eigenvalue weighted by molar-refractivity contribution is -0.120. The van der Waals surface area contributed by atoms with Gasteiger partial charge in [-0.1, -0.05) is 50.1 Å². The Hall–Kier alpha value is -4.46. The average molecular weight is 544 g/mol. The number of amides is 2. The molecule has 8 nitrogen and oxygen atoms in total. The molecule has 8 heteroatoms. The molecule has 0 aliphatic rings. The summed E-state index contributed by atoms with van der Waals surface area (Å²) in [5, 5.41) is 13.7. The summed E-state index contributed by atoms with van der Waals surface area (Å²) in [6, 6.07) is 18.9. The van der Waals surface area contributed by atoms with Gasteiger partial charge in [-0.3, -0.25) is 9.59 Å². The molecule has 0 saturated heterocycles. The highest BCUT2D eigenvalue weighted by Gasteiger charge is 2.31. The number of hydrogen-bond donors (Lipinski definition) is 3. The van der Waals surface area contributed by atoms with Crippen LogP contribution >= 0.6 is 0 Å². The second-order valence-electron chi connectivity index (χ2n) is 9.88. The summed E-state index contributed by atoms with van der Waals surface area (Å²) in [7, 11) is 3.13. The van der Waals surface area contributed by atoms with Gasteiger partial charge in [0.25, 0.3) is 5.91 Å². The number of anilines is 1. The Kier molecular flexibility index (Phi) is 9.32. The molecule has 210 valence electrons. The molecule has 0 aliphatic heterocycles. The van der Waals surface area contributed by atoms with Gasteiger partial charge in [-0.25, -0.2) is 0 Å². The summed E-state index contributed by atoms with van der Waals surface area (Å²) in [4.78, 5) is 32.7. The zero-order valence-corrected chi connectivity index (χ0v) is 23.5. The lowest BCUT2D eigenvalue weighted by Crippen LogP contribution is -2.50. The van der Waals surface area contributed by atoms with Crippen LogP contribution in [0.15, 0.2) is 66.7 Å².